The smallest absolute Gasteiger partial charge is 0.207 e. The van der Waals surface area contributed by atoms with E-state index in [1.807, 2.05) is 49.4 Å². The molecular formula is C21H27NO2S. The van der Waals surface area contributed by atoms with E-state index in [1.165, 1.54) is 25.7 Å². The van der Waals surface area contributed by atoms with Crippen LogP contribution in [0, 0.1) is 12.8 Å². The van der Waals surface area contributed by atoms with Gasteiger partial charge in [-0.15, -0.1) is 0 Å². The molecule has 4 heteroatoms. The van der Waals surface area contributed by atoms with E-state index in [4.69, 9.17) is 0 Å². The van der Waals surface area contributed by atoms with Crippen molar-refractivity contribution in [3.8, 4) is 0 Å². The lowest BCUT2D eigenvalue weighted by molar-refractivity contribution is 0.358. The lowest BCUT2D eigenvalue weighted by Gasteiger charge is -2.27. The summed E-state index contributed by atoms with van der Waals surface area (Å²) in [6.45, 7) is 1.96. The molecule has 3 nitrogen and oxygen atoms in total. The van der Waals surface area contributed by atoms with Crippen LogP contribution in [0.2, 0.25) is 0 Å². The largest absolute Gasteiger partial charge is 0.241 e. The van der Waals surface area contributed by atoms with Crippen LogP contribution in [-0.4, -0.2) is 8.42 Å². The minimum atomic E-state index is -3.54. The maximum absolute atomic E-state index is 12.9. The number of nitrogens with one attached hydrogen (secondary N) is 1. The number of hydrogen-bond acceptors (Lipinski definition) is 2. The van der Waals surface area contributed by atoms with E-state index in [9.17, 15) is 8.42 Å². The molecule has 0 heterocycles. The maximum Gasteiger partial charge on any atom is 0.241 e. The van der Waals surface area contributed by atoms with Gasteiger partial charge in [-0.05, 0) is 43.4 Å². The van der Waals surface area contributed by atoms with Crippen molar-refractivity contribution in [3.05, 3.63) is 65.7 Å². The lowest BCUT2D eigenvalue weighted by Crippen LogP contribution is -2.33. The lowest BCUT2D eigenvalue weighted by atomic mass is 9.88. The van der Waals surface area contributed by atoms with Crippen molar-refractivity contribution in [2.75, 3.05) is 0 Å². The molecule has 0 aromatic heterocycles. The van der Waals surface area contributed by atoms with Crippen molar-refractivity contribution in [3.63, 3.8) is 0 Å². The van der Waals surface area contributed by atoms with E-state index >= 15 is 0 Å². The van der Waals surface area contributed by atoms with Crippen LogP contribution >= 0.6 is 0 Å². The molecule has 0 saturated heterocycles. The van der Waals surface area contributed by atoms with Gasteiger partial charge in [0.15, 0.2) is 0 Å². The Morgan fingerprint density at radius 2 is 1.48 bits per heavy atom. The molecule has 0 aliphatic heterocycles. The minimum Gasteiger partial charge on any atom is -0.207 e. The summed E-state index contributed by atoms with van der Waals surface area (Å²) >= 11 is 0. The van der Waals surface area contributed by atoms with E-state index in [0.29, 0.717) is 10.8 Å². The van der Waals surface area contributed by atoms with Crippen molar-refractivity contribution >= 4 is 10.0 Å². The summed E-state index contributed by atoms with van der Waals surface area (Å²) < 4.78 is 28.9. The molecule has 25 heavy (non-hydrogen) atoms. The Kier molecular flexibility index (Phi) is 5.92. The fraction of sp³-hybridized carbons (Fsp3) is 0.429. The van der Waals surface area contributed by atoms with Gasteiger partial charge < -0.3 is 0 Å². The zero-order valence-electron chi connectivity index (χ0n) is 14.8. The second-order valence-electron chi connectivity index (χ2n) is 7.07. The number of rotatable bonds is 5. The van der Waals surface area contributed by atoms with Crippen LogP contribution in [0.3, 0.4) is 0 Å². The molecule has 1 N–H and O–H groups in total. The summed E-state index contributed by atoms with van der Waals surface area (Å²) in [7, 11) is -3.54. The summed E-state index contributed by atoms with van der Waals surface area (Å²) in [5, 5.41) is 0. The highest BCUT2D eigenvalue weighted by Crippen LogP contribution is 2.34. The first-order chi connectivity index (χ1) is 12.1. The Balaban J connectivity index is 1.90. The normalized spacial score (nSPS) is 17.8. The van der Waals surface area contributed by atoms with Crippen molar-refractivity contribution in [2.45, 2.75) is 56.4 Å². The van der Waals surface area contributed by atoms with Crippen molar-refractivity contribution in [2.24, 2.45) is 5.92 Å². The van der Waals surface area contributed by atoms with E-state index < -0.39 is 10.0 Å². The highest BCUT2D eigenvalue weighted by Gasteiger charge is 2.28. The standard InChI is InChI=1S/C21H27NO2S/c1-17-13-15-20(16-14-17)25(23,24)22-21(19-11-7-4-8-12-19)18-9-5-2-3-6-10-18/h4,7-8,11-16,18,21-22H,2-3,5-6,9-10H2,1H3. The third-order valence-corrected chi connectivity index (χ3v) is 6.60. The zero-order valence-corrected chi connectivity index (χ0v) is 15.6. The molecule has 1 unspecified atom stereocenters. The molecule has 134 valence electrons. The van der Waals surface area contributed by atoms with Gasteiger partial charge in [-0.3, -0.25) is 0 Å². The maximum atomic E-state index is 12.9. The summed E-state index contributed by atoms with van der Waals surface area (Å²) in [5.41, 5.74) is 2.12. The van der Waals surface area contributed by atoms with Gasteiger partial charge in [0.25, 0.3) is 0 Å². The summed E-state index contributed by atoms with van der Waals surface area (Å²) in [6, 6.07) is 16.9. The SMILES string of the molecule is Cc1ccc(S(=O)(=O)NC(c2ccccc2)C2CCCCCC2)cc1. The van der Waals surface area contributed by atoms with Gasteiger partial charge in [0.1, 0.15) is 0 Å². The number of sulfonamides is 1. The van der Waals surface area contributed by atoms with Crippen LogP contribution < -0.4 is 4.72 Å². The van der Waals surface area contributed by atoms with Gasteiger partial charge >= 0.3 is 0 Å². The summed E-state index contributed by atoms with van der Waals surface area (Å²) in [5.74, 6) is 0.352. The molecule has 1 saturated carbocycles. The summed E-state index contributed by atoms with van der Waals surface area (Å²) in [6.07, 6.45) is 7.03. The van der Waals surface area contributed by atoms with Gasteiger partial charge in [0.2, 0.25) is 10.0 Å². The Morgan fingerprint density at radius 3 is 2.08 bits per heavy atom. The first-order valence-corrected chi connectivity index (χ1v) is 10.7. The predicted octanol–water partition coefficient (Wildman–Crippen LogP) is 4.99. The zero-order chi connectivity index (χ0) is 17.7. The monoisotopic (exact) mass is 357 g/mol. The minimum absolute atomic E-state index is 0.161. The van der Waals surface area contributed by atoms with Crippen LogP contribution in [0.4, 0.5) is 0 Å². The predicted molar refractivity (Wildman–Crippen MR) is 102 cm³/mol. The van der Waals surface area contributed by atoms with Crippen molar-refractivity contribution < 1.29 is 8.42 Å². The number of benzene rings is 2. The first kappa shape index (κ1) is 18.2. The molecule has 3 rings (SSSR count). The molecule has 1 fully saturated rings. The highest BCUT2D eigenvalue weighted by atomic mass is 32.2. The van der Waals surface area contributed by atoms with E-state index in [-0.39, 0.29) is 6.04 Å². The number of aryl methyl sites for hydroxylation is 1. The van der Waals surface area contributed by atoms with E-state index in [1.54, 1.807) is 12.1 Å². The molecule has 1 aliphatic carbocycles. The second kappa shape index (κ2) is 8.15. The molecular weight excluding hydrogens is 330 g/mol. The molecule has 0 spiro atoms. The molecule has 0 amide bonds. The van der Waals surface area contributed by atoms with Crippen LogP contribution in [0.5, 0.6) is 0 Å². The quantitative estimate of drug-likeness (QED) is 0.767. The number of hydrogen-bond donors (Lipinski definition) is 1. The molecule has 2 aromatic carbocycles. The molecule has 0 bridgehead atoms. The van der Waals surface area contributed by atoms with Gasteiger partial charge in [-0.1, -0.05) is 73.7 Å². The highest BCUT2D eigenvalue weighted by molar-refractivity contribution is 7.89. The third-order valence-electron chi connectivity index (χ3n) is 5.14. The van der Waals surface area contributed by atoms with E-state index in [2.05, 4.69) is 4.72 Å². The molecule has 0 radical (unpaired) electrons. The van der Waals surface area contributed by atoms with Gasteiger partial charge in [0, 0.05) is 6.04 Å². The van der Waals surface area contributed by atoms with E-state index in [0.717, 1.165) is 24.0 Å². The summed E-state index contributed by atoms with van der Waals surface area (Å²) in [4.78, 5) is 0.340. The first-order valence-electron chi connectivity index (χ1n) is 9.20. The van der Waals surface area contributed by atoms with Gasteiger partial charge in [-0.25, -0.2) is 13.1 Å². The second-order valence-corrected chi connectivity index (χ2v) is 8.79. The van der Waals surface area contributed by atoms with Crippen LogP contribution in [0.25, 0.3) is 0 Å². The van der Waals surface area contributed by atoms with Crippen molar-refractivity contribution in [1.82, 2.24) is 4.72 Å². The van der Waals surface area contributed by atoms with Gasteiger partial charge in [0.05, 0.1) is 4.90 Å². The third kappa shape index (κ3) is 4.71. The average molecular weight is 358 g/mol. The molecule has 2 aromatic rings. The Hall–Kier alpha value is -1.65. The topological polar surface area (TPSA) is 46.2 Å². The Morgan fingerprint density at radius 1 is 0.880 bits per heavy atom. The fourth-order valence-corrected chi connectivity index (χ4v) is 4.99. The Labute approximate surface area is 151 Å². The Bertz CT molecular complexity index is 761. The van der Waals surface area contributed by atoms with Crippen molar-refractivity contribution in [1.29, 1.82) is 0 Å². The van der Waals surface area contributed by atoms with Gasteiger partial charge in [-0.2, -0.15) is 0 Å². The fourth-order valence-electron chi connectivity index (χ4n) is 3.69. The molecule has 1 aliphatic rings. The van der Waals surface area contributed by atoms with Crippen LogP contribution in [0.15, 0.2) is 59.5 Å². The molecule has 1 atom stereocenters. The van der Waals surface area contributed by atoms with Crippen LogP contribution in [0.1, 0.15) is 55.7 Å². The van der Waals surface area contributed by atoms with Crippen LogP contribution in [-0.2, 0) is 10.0 Å². The average Bonchev–Trinajstić information content (AvgIpc) is 2.90.